The lowest BCUT2D eigenvalue weighted by Crippen LogP contribution is -2.07. The van der Waals surface area contributed by atoms with Gasteiger partial charge in [0.05, 0.1) is 6.61 Å². The highest BCUT2D eigenvalue weighted by molar-refractivity contribution is 6.22. The molecule has 0 bridgehead atoms. The smallest absolute Gasteiger partial charge is 0.352 e. The molecule has 4 heteroatoms. The Bertz CT molecular complexity index is 185. The van der Waals surface area contributed by atoms with Gasteiger partial charge in [-0.1, -0.05) is 5.16 Å². The topological polar surface area (TPSA) is 47.9 Å². The Morgan fingerprint density at radius 2 is 2.23 bits per heavy atom. The minimum Gasteiger partial charge on any atom is -0.462 e. The second-order valence-electron chi connectivity index (χ2n) is 3.00. The summed E-state index contributed by atoms with van der Waals surface area (Å²) in [5, 5.41) is 3.57. The first kappa shape index (κ1) is 10.0. The largest absolute Gasteiger partial charge is 0.462 e. The number of hydrogen-bond acceptors (Lipinski definition) is 4. The molecule has 0 aliphatic heterocycles. The SMILES string of the molecule is CCOC(=O)/C=N/OC1CCCC1. The van der Waals surface area contributed by atoms with Crippen LogP contribution in [0.25, 0.3) is 0 Å². The minimum absolute atomic E-state index is 0.200. The molecule has 1 saturated carbocycles. The average molecular weight is 185 g/mol. The van der Waals surface area contributed by atoms with Gasteiger partial charge in [0.25, 0.3) is 0 Å². The number of rotatable bonds is 4. The zero-order chi connectivity index (χ0) is 9.52. The van der Waals surface area contributed by atoms with E-state index < -0.39 is 5.97 Å². The molecule has 0 aromatic heterocycles. The second-order valence-corrected chi connectivity index (χ2v) is 3.00. The Hall–Kier alpha value is -1.06. The molecule has 0 heterocycles. The van der Waals surface area contributed by atoms with Crippen molar-refractivity contribution >= 4 is 12.2 Å². The maximum atomic E-state index is 10.8. The zero-order valence-electron chi connectivity index (χ0n) is 7.86. The van der Waals surface area contributed by atoms with Crippen LogP contribution in [-0.2, 0) is 14.4 Å². The van der Waals surface area contributed by atoms with Crippen LogP contribution < -0.4 is 0 Å². The molecule has 0 aromatic rings. The molecule has 74 valence electrons. The molecule has 1 aliphatic rings. The molecule has 4 nitrogen and oxygen atoms in total. The lowest BCUT2D eigenvalue weighted by Gasteiger charge is -2.04. The number of carbonyl (C=O) groups excluding carboxylic acids is 1. The summed E-state index contributed by atoms with van der Waals surface area (Å²) in [6.45, 7) is 2.12. The van der Waals surface area contributed by atoms with Crippen LogP contribution in [-0.4, -0.2) is 24.9 Å². The first-order valence-electron chi connectivity index (χ1n) is 4.69. The first-order valence-corrected chi connectivity index (χ1v) is 4.69. The van der Waals surface area contributed by atoms with Crippen LogP contribution >= 0.6 is 0 Å². The maximum absolute atomic E-state index is 10.8. The molecule has 0 saturated heterocycles. The third kappa shape index (κ3) is 3.92. The van der Waals surface area contributed by atoms with Gasteiger partial charge in [0.1, 0.15) is 6.10 Å². The van der Waals surface area contributed by atoms with Gasteiger partial charge in [0, 0.05) is 0 Å². The highest BCUT2D eigenvalue weighted by Gasteiger charge is 2.15. The highest BCUT2D eigenvalue weighted by atomic mass is 16.6. The Balaban J connectivity index is 2.12. The van der Waals surface area contributed by atoms with E-state index >= 15 is 0 Å². The predicted octanol–water partition coefficient (Wildman–Crippen LogP) is 1.49. The quantitative estimate of drug-likeness (QED) is 0.379. The fourth-order valence-electron chi connectivity index (χ4n) is 1.33. The standard InChI is InChI=1S/C9H15NO3/c1-2-12-9(11)7-10-13-8-5-3-4-6-8/h7-8H,2-6H2,1H3/b10-7+. The normalized spacial score (nSPS) is 17.9. The van der Waals surface area contributed by atoms with Gasteiger partial charge < -0.3 is 9.57 Å². The number of carbonyl (C=O) groups is 1. The van der Waals surface area contributed by atoms with Crippen LogP contribution in [0.4, 0.5) is 0 Å². The number of oxime groups is 1. The molecule has 13 heavy (non-hydrogen) atoms. The Labute approximate surface area is 77.9 Å². The van der Waals surface area contributed by atoms with Crippen molar-refractivity contribution in [2.45, 2.75) is 38.7 Å². The number of ether oxygens (including phenoxy) is 1. The summed E-state index contributed by atoms with van der Waals surface area (Å²) in [6.07, 6.45) is 5.76. The van der Waals surface area contributed by atoms with Gasteiger partial charge in [0.2, 0.25) is 0 Å². The number of hydrogen-bond donors (Lipinski definition) is 0. The van der Waals surface area contributed by atoms with E-state index in [2.05, 4.69) is 9.89 Å². The summed E-state index contributed by atoms with van der Waals surface area (Å²) in [5.74, 6) is -0.444. The van der Waals surface area contributed by atoms with E-state index in [0.29, 0.717) is 6.61 Å². The van der Waals surface area contributed by atoms with Crippen molar-refractivity contribution in [3.63, 3.8) is 0 Å². The molecular formula is C9H15NO3. The van der Waals surface area contributed by atoms with Gasteiger partial charge in [-0.3, -0.25) is 0 Å². The third-order valence-corrected chi connectivity index (χ3v) is 1.96. The Kier molecular flexibility index (Phi) is 4.29. The van der Waals surface area contributed by atoms with Gasteiger partial charge in [-0.2, -0.15) is 0 Å². The summed E-state index contributed by atoms with van der Waals surface area (Å²) in [7, 11) is 0. The molecular weight excluding hydrogens is 170 g/mol. The second kappa shape index (κ2) is 5.56. The molecule has 0 aromatic carbocycles. The van der Waals surface area contributed by atoms with E-state index in [-0.39, 0.29) is 6.10 Å². The summed E-state index contributed by atoms with van der Waals surface area (Å²) >= 11 is 0. The van der Waals surface area contributed by atoms with Crippen molar-refractivity contribution in [1.29, 1.82) is 0 Å². The van der Waals surface area contributed by atoms with E-state index in [1.165, 1.54) is 12.8 Å². The van der Waals surface area contributed by atoms with E-state index in [1.807, 2.05) is 0 Å². The molecule has 1 fully saturated rings. The van der Waals surface area contributed by atoms with Gasteiger partial charge in [-0.15, -0.1) is 0 Å². The predicted molar refractivity (Wildman–Crippen MR) is 48.5 cm³/mol. The van der Waals surface area contributed by atoms with Crippen molar-refractivity contribution in [3.8, 4) is 0 Å². The van der Waals surface area contributed by atoms with E-state index in [9.17, 15) is 4.79 Å². The van der Waals surface area contributed by atoms with Crippen LogP contribution in [0, 0.1) is 0 Å². The molecule has 0 atom stereocenters. The summed E-state index contributed by atoms with van der Waals surface area (Å²) in [5.41, 5.74) is 0. The number of nitrogens with zero attached hydrogens (tertiary/aromatic N) is 1. The Morgan fingerprint density at radius 3 is 2.85 bits per heavy atom. The van der Waals surface area contributed by atoms with Crippen LogP contribution in [0.2, 0.25) is 0 Å². The summed E-state index contributed by atoms with van der Waals surface area (Å²) in [4.78, 5) is 15.9. The van der Waals surface area contributed by atoms with Gasteiger partial charge in [-0.05, 0) is 32.6 Å². The highest BCUT2D eigenvalue weighted by Crippen LogP contribution is 2.20. The minimum atomic E-state index is -0.444. The third-order valence-electron chi connectivity index (χ3n) is 1.96. The molecule has 0 radical (unpaired) electrons. The van der Waals surface area contributed by atoms with Crippen molar-refractivity contribution in [2.24, 2.45) is 5.16 Å². The van der Waals surface area contributed by atoms with Crippen molar-refractivity contribution in [3.05, 3.63) is 0 Å². The first-order chi connectivity index (χ1) is 6.33. The monoisotopic (exact) mass is 185 g/mol. The van der Waals surface area contributed by atoms with Crippen LogP contribution in [0.1, 0.15) is 32.6 Å². The van der Waals surface area contributed by atoms with Crippen LogP contribution in [0.5, 0.6) is 0 Å². The van der Waals surface area contributed by atoms with Gasteiger partial charge in [-0.25, -0.2) is 4.79 Å². The summed E-state index contributed by atoms with van der Waals surface area (Å²) < 4.78 is 4.64. The summed E-state index contributed by atoms with van der Waals surface area (Å²) in [6, 6.07) is 0. The number of esters is 1. The van der Waals surface area contributed by atoms with E-state index in [0.717, 1.165) is 19.1 Å². The van der Waals surface area contributed by atoms with Crippen LogP contribution in [0.15, 0.2) is 5.16 Å². The van der Waals surface area contributed by atoms with Crippen molar-refractivity contribution < 1.29 is 14.4 Å². The zero-order valence-corrected chi connectivity index (χ0v) is 7.86. The molecule has 0 N–H and O–H groups in total. The molecule has 0 spiro atoms. The molecule has 0 unspecified atom stereocenters. The Morgan fingerprint density at radius 1 is 1.54 bits per heavy atom. The molecule has 1 aliphatic carbocycles. The van der Waals surface area contributed by atoms with Crippen molar-refractivity contribution in [1.82, 2.24) is 0 Å². The van der Waals surface area contributed by atoms with E-state index in [4.69, 9.17) is 4.84 Å². The van der Waals surface area contributed by atoms with Crippen molar-refractivity contribution in [2.75, 3.05) is 6.61 Å². The fraction of sp³-hybridized carbons (Fsp3) is 0.778. The van der Waals surface area contributed by atoms with E-state index in [1.54, 1.807) is 6.92 Å². The van der Waals surface area contributed by atoms with Crippen LogP contribution in [0.3, 0.4) is 0 Å². The average Bonchev–Trinajstić information content (AvgIpc) is 2.57. The fourth-order valence-corrected chi connectivity index (χ4v) is 1.33. The lowest BCUT2D eigenvalue weighted by atomic mass is 10.3. The molecule has 0 amide bonds. The van der Waals surface area contributed by atoms with Gasteiger partial charge >= 0.3 is 5.97 Å². The van der Waals surface area contributed by atoms with Gasteiger partial charge in [0.15, 0.2) is 6.21 Å². The lowest BCUT2D eigenvalue weighted by molar-refractivity contribution is -0.134. The molecule has 1 rings (SSSR count). The maximum Gasteiger partial charge on any atom is 0.352 e.